The van der Waals surface area contributed by atoms with Crippen molar-refractivity contribution in [3.8, 4) is 0 Å². The van der Waals surface area contributed by atoms with Crippen molar-refractivity contribution >= 4 is 35.5 Å². The largest absolute Gasteiger partial charge is 0.434 e. The smallest absolute Gasteiger partial charge is 0.337 e. The summed E-state index contributed by atoms with van der Waals surface area (Å²) < 4.78 is 0. The first-order valence-corrected chi connectivity index (χ1v) is 8.51. The summed E-state index contributed by atoms with van der Waals surface area (Å²) in [6.07, 6.45) is 2.11. The van der Waals surface area contributed by atoms with E-state index >= 15 is 0 Å². The number of piperazine rings is 1. The number of amides is 5. The van der Waals surface area contributed by atoms with Crippen molar-refractivity contribution in [1.29, 1.82) is 0 Å². The molecule has 0 aromatic rings. The maximum atomic E-state index is 12.4. The van der Waals surface area contributed by atoms with Gasteiger partial charge in [-0.15, -0.1) is 11.6 Å². The highest BCUT2D eigenvalue weighted by atomic mass is 35.5. The van der Waals surface area contributed by atoms with E-state index in [1.165, 1.54) is 14.7 Å². The maximum absolute atomic E-state index is 12.4. The molecule has 0 aliphatic carbocycles. The molecule has 0 aromatic carbocycles. The molecule has 5 amide bonds. The zero-order chi connectivity index (χ0) is 17.3. The normalized spacial score (nSPS) is 24.3. The highest BCUT2D eigenvalue weighted by Crippen LogP contribution is 2.23. The number of carbonyl (C=O) groups is 4. The van der Waals surface area contributed by atoms with Gasteiger partial charge in [0.05, 0.1) is 6.54 Å². The molecule has 3 aliphatic rings. The average molecular weight is 359 g/mol. The van der Waals surface area contributed by atoms with Gasteiger partial charge in [0, 0.05) is 26.2 Å². The lowest BCUT2D eigenvalue weighted by Gasteiger charge is -2.34. The van der Waals surface area contributed by atoms with E-state index in [2.05, 4.69) is 0 Å². The summed E-state index contributed by atoms with van der Waals surface area (Å²) in [6.45, 7) is 1.68. The number of alkyl halides is 1. The highest BCUT2D eigenvalue weighted by molar-refractivity contribution is 6.27. The first-order valence-electron chi connectivity index (χ1n) is 7.98. The summed E-state index contributed by atoms with van der Waals surface area (Å²) in [6, 6.07) is -1.49. The lowest BCUT2D eigenvalue weighted by molar-refractivity contribution is -0.152. The molecular weight excluding hydrogens is 340 g/mol. The fourth-order valence-corrected chi connectivity index (χ4v) is 3.35. The van der Waals surface area contributed by atoms with Crippen LogP contribution in [0.1, 0.15) is 19.3 Å². The SMILES string of the molecule is O=C(CCl)N1CCN2C(=O)N(OC(=O)N3CCCCC3)C(=O)C2C1. The minimum atomic E-state index is -0.826. The standard InChI is InChI=1S/C14H19ClN4O5/c15-8-11(20)17-6-7-18-10(9-17)12(21)19(13(18)22)24-14(23)16-4-2-1-3-5-16/h10H,1-9H2. The molecule has 3 heterocycles. The van der Waals surface area contributed by atoms with Crippen LogP contribution in [0.4, 0.5) is 9.59 Å². The summed E-state index contributed by atoms with van der Waals surface area (Å²) in [5.41, 5.74) is 0. The third-order valence-corrected chi connectivity index (χ3v) is 4.76. The molecule has 0 saturated carbocycles. The first kappa shape index (κ1) is 16.8. The minimum absolute atomic E-state index is 0.0634. The van der Waals surface area contributed by atoms with E-state index in [1.54, 1.807) is 0 Å². The molecule has 0 bridgehead atoms. The summed E-state index contributed by atoms with van der Waals surface area (Å²) in [5.74, 6) is -1.10. The third-order valence-electron chi connectivity index (χ3n) is 4.54. The molecule has 1 unspecified atom stereocenters. The van der Waals surface area contributed by atoms with Crippen molar-refractivity contribution in [3.05, 3.63) is 0 Å². The molecule has 9 nitrogen and oxygen atoms in total. The molecule has 24 heavy (non-hydrogen) atoms. The third kappa shape index (κ3) is 3.00. The predicted molar refractivity (Wildman–Crippen MR) is 81.9 cm³/mol. The van der Waals surface area contributed by atoms with Crippen LogP contribution in [0.3, 0.4) is 0 Å². The Bertz CT molecular complexity index is 565. The molecule has 3 saturated heterocycles. The number of hydrogen-bond acceptors (Lipinski definition) is 5. The molecule has 0 spiro atoms. The number of imide groups is 1. The fraction of sp³-hybridized carbons (Fsp3) is 0.714. The number of fused-ring (bicyclic) bond motifs is 1. The van der Waals surface area contributed by atoms with Crippen LogP contribution in [-0.2, 0) is 14.4 Å². The summed E-state index contributed by atoms with van der Waals surface area (Å²) >= 11 is 5.53. The van der Waals surface area contributed by atoms with E-state index in [1.807, 2.05) is 0 Å². The Kier molecular flexibility index (Phi) is 4.79. The quantitative estimate of drug-likeness (QED) is 0.521. The Morgan fingerprint density at radius 3 is 2.42 bits per heavy atom. The molecule has 0 aromatic heterocycles. The number of halogens is 1. The number of rotatable bonds is 2. The van der Waals surface area contributed by atoms with Crippen molar-refractivity contribution in [3.63, 3.8) is 0 Å². The van der Waals surface area contributed by atoms with Gasteiger partial charge in [-0.1, -0.05) is 5.06 Å². The van der Waals surface area contributed by atoms with Crippen LogP contribution >= 0.6 is 11.6 Å². The Labute approximate surface area is 144 Å². The van der Waals surface area contributed by atoms with Gasteiger partial charge < -0.3 is 19.5 Å². The molecule has 3 rings (SSSR count). The number of likely N-dealkylation sites (tertiary alicyclic amines) is 1. The van der Waals surface area contributed by atoms with Gasteiger partial charge in [-0.3, -0.25) is 9.59 Å². The van der Waals surface area contributed by atoms with Gasteiger partial charge in [0.15, 0.2) is 0 Å². The second-order valence-electron chi connectivity index (χ2n) is 6.00. The Morgan fingerprint density at radius 2 is 1.75 bits per heavy atom. The second-order valence-corrected chi connectivity index (χ2v) is 6.27. The zero-order valence-electron chi connectivity index (χ0n) is 13.1. The number of hydroxylamine groups is 2. The molecule has 3 fully saturated rings. The topological polar surface area (TPSA) is 90.5 Å². The molecule has 0 radical (unpaired) electrons. The summed E-state index contributed by atoms with van der Waals surface area (Å²) in [7, 11) is 0. The van der Waals surface area contributed by atoms with Gasteiger partial charge in [-0.2, -0.15) is 0 Å². The van der Waals surface area contributed by atoms with Crippen LogP contribution in [0.2, 0.25) is 0 Å². The molecule has 10 heteroatoms. The number of piperidine rings is 1. The average Bonchev–Trinajstić information content (AvgIpc) is 2.86. The summed E-state index contributed by atoms with van der Waals surface area (Å²) in [4.78, 5) is 57.8. The van der Waals surface area contributed by atoms with Gasteiger partial charge >= 0.3 is 12.1 Å². The number of hydrogen-bond donors (Lipinski definition) is 0. The number of carbonyl (C=O) groups excluding carboxylic acids is 4. The van der Waals surface area contributed by atoms with Crippen molar-refractivity contribution < 1.29 is 24.0 Å². The fourth-order valence-electron chi connectivity index (χ4n) is 3.18. The van der Waals surface area contributed by atoms with E-state index in [9.17, 15) is 19.2 Å². The number of nitrogens with zero attached hydrogens (tertiary/aromatic N) is 4. The monoisotopic (exact) mass is 358 g/mol. The number of urea groups is 1. The van der Waals surface area contributed by atoms with Crippen LogP contribution in [0.25, 0.3) is 0 Å². The van der Waals surface area contributed by atoms with Crippen LogP contribution in [0.15, 0.2) is 0 Å². The Balaban J connectivity index is 1.65. The minimum Gasteiger partial charge on any atom is -0.337 e. The second kappa shape index (κ2) is 6.84. The van der Waals surface area contributed by atoms with E-state index in [-0.39, 0.29) is 24.9 Å². The van der Waals surface area contributed by atoms with Crippen LogP contribution in [0.5, 0.6) is 0 Å². The van der Waals surface area contributed by atoms with Gasteiger partial charge in [0.2, 0.25) is 5.91 Å². The first-order chi connectivity index (χ1) is 11.5. The molecule has 1 atom stereocenters. The highest BCUT2D eigenvalue weighted by Gasteiger charge is 2.51. The molecule has 0 N–H and O–H groups in total. The molecular formula is C14H19ClN4O5. The zero-order valence-corrected chi connectivity index (χ0v) is 13.9. The van der Waals surface area contributed by atoms with Gasteiger partial charge in [0.25, 0.3) is 5.91 Å². The van der Waals surface area contributed by atoms with Crippen LogP contribution in [0, 0.1) is 0 Å². The van der Waals surface area contributed by atoms with Crippen molar-refractivity contribution in [2.24, 2.45) is 0 Å². The van der Waals surface area contributed by atoms with E-state index in [4.69, 9.17) is 16.4 Å². The van der Waals surface area contributed by atoms with E-state index < -0.39 is 24.1 Å². The van der Waals surface area contributed by atoms with Gasteiger partial charge in [-0.05, 0) is 19.3 Å². The summed E-state index contributed by atoms with van der Waals surface area (Å²) in [5, 5.41) is 0.524. The van der Waals surface area contributed by atoms with Gasteiger partial charge in [-0.25, -0.2) is 9.59 Å². The van der Waals surface area contributed by atoms with Crippen molar-refractivity contribution in [2.75, 3.05) is 38.6 Å². The van der Waals surface area contributed by atoms with E-state index in [0.29, 0.717) is 24.7 Å². The lowest BCUT2D eigenvalue weighted by Crippen LogP contribution is -2.54. The van der Waals surface area contributed by atoms with Crippen LogP contribution < -0.4 is 0 Å². The van der Waals surface area contributed by atoms with Crippen molar-refractivity contribution in [2.45, 2.75) is 25.3 Å². The molecule has 3 aliphatic heterocycles. The van der Waals surface area contributed by atoms with Gasteiger partial charge in [0.1, 0.15) is 11.9 Å². The Morgan fingerprint density at radius 1 is 1.04 bits per heavy atom. The Hall–Kier alpha value is -2.03. The molecule has 132 valence electrons. The maximum Gasteiger partial charge on any atom is 0.434 e. The van der Waals surface area contributed by atoms with E-state index in [0.717, 1.165) is 19.3 Å². The van der Waals surface area contributed by atoms with Crippen LogP contribution in [-0.4, -0.2) is 88.3 Å². The predicted octanol–water partition coefficient (Wildman–Crippen LogP) is 0.238. The van der Waals surface area contributed by atoms with Crippen molar-refractivity contribution in [1.82, 2.24) is 19.8 Å². The lowest BCUT2D eigenvalue weighted by atomic mass is 10.1.